The third-order valence-corrected chi connectivity index (χ3v) is 3.34. The number of aromatic amines is 1. The third kappa shape index (κ3) is 6.14. The molecule has 0 aliphatic rings. The zero-order valence-corrected chi connectivity index (χ0v) is 15.2. The molecule has 9 heteroatoms. The van der Waals surface area contributed by atoms with Gasteiger partial charge in [-0.1, -0.05) is 24.3 Å². The lowest BCUT2D eigenvalue weighted by molar-refractivity contribution is -0.451. The number of rotatable bonds is 5. The van der Waals surface area contributed by atoms with Crippen LogP contribution in [0.15, 0.2) is 65.9 Å². The maximum Gasteiger partial charge on any atom is 0.269 e. The monoisotopic (exact) mass is 387 g/mol. The van der Waals surface area contributed by atoms with Gasteiger partial charge in [0.15, 0.2) is 0 Å². The molecule has 1 heterocycles. The molecule has 3 aromatic rings. The number of H-pyrrole nitrogens is 1. The fourth-order valence-electron chi connectivity index (χ4n) is 2.15. The third-order valence-electron chi connectivity index (χ3n) is 3.34. The lowest BCUT2D eigenvalue weighted by atomic mass is 10.2. The van der Waals surface area contributed by atoms with E-state index in [9.17, 15) is 10.1 Å². The molecule has 0 spiro atoms. The number of hydrogen-bond acceptors (Lipinski definition) is 6. The first-order chi connectivity index (χ1) is 12.7. The summed E-state index contributed by atoms with van der Waals surface area (Å²) in [4.78, 5) is 10.2. The highest BCUT2D eigenvalue weighted by Gasteiger charge is 2.04. The van der Waals surface area contributed by atoms with Crippen molar-refractivity contribution in [2.24, 2.45) is 5.10 Å². The van der Waals surface area contributed by atoms with E-state index in [1.165, 1.54) is 12.1 Å². The Morgan fingerprint density at radius 3 is 2.59 bits per heavy atom. The number of anilines is 1. The number of fused-ring (bicyclic) bond motifs is 1. The van der Waals surface area contributed by atoms with E-state index < -0.39 is 4.92 Å². The number of halogens is 1. The van der Waals surface area contributed by atoms with Crippen LogP contribution in [0.4, 0.5) is 11.5 Å². The Bertz CT molecular complexity index is 924. The molecule has 0 fully saturated rings. The van der Waals surface area contributed by atoms with Crippen molar-refractivity contribution >= 4 is 34.6 Å². The molecule has 0 aliphatic heterocycles. The summed E-state index contributed by atoms with van der Waals surface area (Å²) < 4.78 is 0. The summed E-state index contributed by atoms with van der Waals surface area (Å²) >= 11 is 0. The van der Waals surface area contributed by atoms with E-state index in [1.54, 1.807) is 30.5 Å². The van der Waals surface area contributed by atoms with Crippen molar-refractivity contribution in [1.82, 2.24) is 5.10 Å². The second-order valence-electron chi connectivity index (χ2n) is 4.92. The maximum atomic E-state index is 10.6. The molecular weight excluding hydrogens is 370 g/mol. The Kier molecular flexibility index (Phi) is 9.07. The highest BCUT2D eigenvalue weighted by molar-refractivity contribution is 5.90. The quantitative estimate of drug-likeness (QED) is 0.354. The molecule has 1 aromatic heterocycles. The summed E-state index contributed by atoms with van der Waals surface area (Å²) in [6.45, 7) is 0. The molecule has 2 aromatic carbocycles. The van der Waals surface area contributed by atoms with E-state index in [2.05, 4.69) is 20.7 Å². The molecule has 0 aliphatic carbocycles. The van der Waals surface area contributed by atoms with E-state index in [0.29, 0.717) is 5.82 Å². The van der Waals surface area contributed by atoms with Crippen molar-refractivity contribution in [3.8, 4) is 0 Å². The first-order valence-corrected chi connectivity index (χ1v) is 7.65. The van der Waals surface area contributed by atoms with Crippen molar-refractivity contribution < 1.29 is 27.5 Å². The fraction of sp³-hybridized carbons (Fsp3) is 0.0556. The lowest BCUT2D eigenvalue weighted by Gasteiger charge is -1.98. The van der Waals surface area contributed by atoms with Crippen molar-refractivity contribution in [3.05, 3.63) is 76.5 Å². The fourth-order valence-corrected chi connectivity index (χ4v) is 2.15. The zero-order chi connectivity index (χ0) is 18.8. The van der Waals surface area contributed by atoms with Gasteiger partial charge >= 0.3 is 0 Å². The number of benzene rings is 2. The molecule has 0 saturated heterocycles. The summed E-state index contributed by atoms with van der Waals surface area (Å²) in [5.74, 6) is 0.632. The smallest absolute Gasteiger partial charge is 0.269 e. The largest absolute Gasteiger partial charge is 1.00 e. The van der Waals surface area contributed by atoms with Crippen LogP contribution in [0.5, 0.6) is 0 Å². The first kappa shape index (κ1) is 21.7. The van der Waals surface area contributed by atoms with E-state index in [-0.39, 0.29) is 18.1 Å². The number of hydrogen-bond donors (Lipinski definition) is 2. The predicted octanol–water partition coefficient (Wildman–Crippen LogP) is -0.319. The van der Waals surface area contributed by atoms with Crippen LogP contribution in [0.25, 0.3) is 16.8 Å². The summed E-state index contributed by atoms with van der Waals surface area (Å²) in [5.41, 5.74) is 3.81. The second kappa shape index (κ2) is 11.3. The van der Waals surface area contributed by atoms with Gasteiger partial charge in [-0.15, -0.1) is 5.10 Å². The van der Waals surface area contributed by atoms with Gasteiger partial charge in [0.05, 0.1) is 10.3 Å². The normalized spacial score (nSPS) is 10.3. The molecule has 0 unspecified atom stereocenters. The lowest BCUT2D eigenvalue weighted by Crippen LogP contribution is -3.00. The Balaban J connectivity index is 0.00000118. The summed E-state index contributed by atoms with van der Waals surface area (Å²) in [6.07, 6.45) is 6.95. The van der Waals surface area contributed by atoms with Gasteiger partial charge in [0.2, 0.25) is 12.0 Å². The van der Waals surface area contributed by atoms with Gasteiger partial charge in [0, 0.05) is 35.9 Å². The number of nitro benzene ring substituents is 1. The molecule has 3 rings (SSSR count). The van der Waals surface area contributed by atoms with Gasteiger partial charge in [-0.25, -0.2) is 0 Å². The van der Waals surface area contributed by atoms with E-state index >= 15 is 0 Å². The number of non-ortho nitro benzene ring substituents is 1. The number of aliphatic hydroxyl groups is 1. The van der Waals surface area contributed by atoms with Crippen molar-refractivity contribution in [2.75, 3.05) is 12.5 Å². The average Bonchev–Trinajstić information content (AvgIpc) is 2.70. The van der Waals surface area contributed by atoms with Gasteiger partial charge in [0.1, 0.15) is 0 Å². The Labute approximate surface area is 161 Å². The summed E-state index contributed by atoms with van der Waals surface area (Å²) in [5, 5.41) is 30.7. The Hall–Kier alpha value is -3.36. The van der Waals surface area contributed by atoms with Crippen LogP contribution in [0.2, 0.25) is 0 Å². The van der Waals surface area contributed by atoms with Gasteiger partial charge in [-0.05, 0) is 29.8 Å². The molecule has 0 radical (unpaired) electrons. The highest BCUT2D eigenvalue weighted by Crippen LogP contribution is 2.17. The number of aromatic nitrogens is 2. The number of allylic oxidation sites excluding steroid dienone is 1. The molecule has 0 saturated carbocycles. The highest BCUT2D eigenvalue weighted by atomic mass is 35.5. The van der Waals surface area contributed by atoms with Crippen molar-refractivity contribution in [1.29, 1.82) is 0 Å². The topological polar surface area (TPSA) is 115 Å². The zero-order valence-electron chi connectivity index (χ0n) is 14.4. The molecule has 27 heavy (non-hydrogen) atoms. The summed E-state index contributed by atoms with van der Waals surface area (Å²) in [6, 6.07) is 14.1. The molecule has 8 nitrogen and oxygen atoms in total. The number of nitrogens with zero attached hydrogens (tertiary/aromatic N) is 3. The molecular formula is C18H18ClN5O3. The molecule has 3 N–H and O–H groups in total. The summed E-state index contributed by atoms with van der Waals surface area (Å²) in [7, 11) is 1.00. The maximum absolute atomic E-state index is 10.6. The van der Waals surface area contributed by atoms with Crippen LogP contribution in [-0.4, -0.2) is 28.5 Å². The van der Waals surface area contributed by atoms with Gasteiger partial charge < -0.3 is 17.5 Å². The van der Waals surface area contributed by atoms with Crippen molar-refractivity contribution in [3.63, 3.8) is 0 Å². The molecule has 0 atom stereocenters. The number of aliphatic hydroxyl groups excluding tert-OH is 1. The standard InChI is InChI=1S/C17H13N5O2.CH4O.ClH/c23-22(24)15-9-7-13(8-10-15)4-3-11-18-20-17-16-6-2-1-5-14(16)12-19-21-17;1-2;/h1-12H,(H,20,21);2H,1H3;1H/b4-3+,18-11+;;. The SMILES string of the molecule is CO.O=[N+]([O-])c1ccc(/C=C/C=N/Nc2n[nH+]cc3ccccc23)cc1.[Cl-]. The second-order valence-corrected chi connectivity index (χ2v) is 4.92. The predicted molar refractivity (Wildman–Crippen MR) is 101 cm³/mol. The van der Waals surface area contributed by atoms with Crippen LogP contribution in [0.1, 0.15) is 5.56 Å². The van der Waals surface area contributed by atoms with E-state index in [1.807, 2.05) is 30.5 Å². The van der Waals surface area contributed by atoms with E-state index in [0.717, 1.165) is 23.4 Å². The van der Waals surface area contributed by atoms with E-state index in [4.69, 9.17) is 5.11 Å². The van der Waals surface area contributed by atoms with Crippen LogP contribution >= 0.6 is 0 Å². The molecule has 0 bridgehead atoms. The molecule has 140 valence electrons. The number of nitro groups is 1. The van der Waals surface area contributed by atoms with Gasteiger partial charge in [0.25, 0.3) is 5.69 Å². The minimum Gasteiger partial charge on any atom is -1.00 e. The minimum atomic E-state index is -0.424. The van der Waals surface area contributed by atoms with Crippen LogP contribution in [0.3, 0.4) is 0 Å². The average molecular weight is 388 g/mol. The number of nitrogens with one attached hydrogen (secondary N) is 2. The Morgan fingerprint density at radius 1 is 1.19 bits per heavy atom. The minimum absolute atomic E-state index is 0. The van der Waals surface area contributed by atoms with Crippen LogP contribution in [0, 0.1) is 10.1 Å². The van der Waals surface area contributed by atoms with Crippen molar-refractivity contribution in [2.45, 2.75) is 0 Å². The van der Waals surface area contributed by atoms with Crippen LogP contribution in [-0.2, 0) is 0 Å². The first-order valence-electron chi connectivity index (χ1n) is 7.65. The van der Waals surface area contributed by atoms with Gasteiger partial charge in [-0.2, -0.15) is 5.10 Å². The molecule has 0 amide bonds. The van der Waals surface area contributed by atoms with Gasteiger partial charge in [-0.3, -0.25) is 15.5 Å². The van der Waals surface area contributed by atoms with Crippen LogP contribution < -0.4 is 22.9 Å². The number of hydrazone groups is 1. The Morgan fingerprint density at radius 2 is 1.89 bits per heavy atom.